The first-order chi connectivity index (χ1) is 12.0. The van der Waals surface area contributed by atoms with Crippen molar-refractivity contribution in [3.8, 4) is 0 Å². The van der Waals surface area contributed by atoms with Gasteiger partial charge < -0.3 is 0 Å². The number of hydrogen-bond acceptors (Lipinski definition) is 0. The highest BCUT2D eigenvalue weighted by Gasteiger charge is 3.63. The molecule has 0 aliphatic heterocycles. The molecular formula is C24H12. The van der Waals surface area contributed by atoms with Crippen LogP contribution in [-0.4, -0.2) is 0 Å². The Balaban J connectivity index is 1.36. The number of fused-ring (bicyclic) bond motifs is 12. The van der Waals surface area contributed by atoms with Gasteiger partial charge >= 0.3 is 0 Å². The molecule has 18 fully saturated rings. The largest absolute Gasteiger partial charge is 0.0265 e. The number of hydrogen-bond donors (Lipinski definition) is 0. The highest BCUT2D eigenvalue weighted by Crippen LogP contribution is 3.64. The van der Waals surface area contributed by atoms with E-state index in [1.165, 1.54) is 136 Å². The lowest BCUT2D eigenvalue weighted by Crippen LogP contribution is -3.62. The molecule has 108 valence electrons. The Morgan fingerprint density at radius 2 is 0.250 bits per heavy atom. The monoisotopic (exact) mass is 300 g/mol. The van der Waals surface area contributed by atoms with Gasteiger partial charge in [0.2, 0.25) is 0 Å². The zero-order valence-corrected chi connectivity index (χ0v) is 12.9. The van der Waals surface area contributed by atoms with Crippen molar-refractivity contribution >= 4 is 0 Å². The molecule has 0 radical (unpaired) electrons. The van der Waals surface area contributed by atoms with Crippen LogP contribution in [0.3, 0.4) is 0 Å². The van der Waals surface area contributed by atoms with Crippen LogP contribution in [0.25, 0.3) is 0 Å². The second-order valence-electron chi connectivity index (χ2n) is 16.0. The maximum absolute atomic E-state index is 1.42. The summed E-state index contributed by atoms with van der Waals surface area (Å²) in [7, 11) is 0. The third kappa shape index (κ3) is 0.122. The molecule has 0 N–H and O–H groups in total. The van der Waals surface area contributed by atoms with Gasteiger partial charge in [-0.1, -0.05) is 0 Å². The zero-order chi connectivity index (χ0) is 12.9. The van der Waals surface area contributed by atoms with Crippen LogP contribution < -0.4 is 0 Å². The summed E-state index contributed by atoms with van der Waals surface area (Å²) in [4.78, 5) is 0. The van der Waals surface area contributed by atoms with E-state index >= 15 is 0 Å². The topological polar surface area (TPSA) is 0 Å². The van der Waals surface area contributed by atoms with E-state index in [4.69, 9.17) is 0 Å². The van der Waals surface area contributed by atoms with E-state index < -0.39 is 0 Å². The highest BCUT2D eigenvalue weighted by atomic mass is 15.6. The third-order valence-electron chi connectivity index (χ3n) is 21.8. The average molecular weight is 300 g/mol. The lowest BCUT2D eigenvalue weighted by atomic mass is 8.40. The molecule has 0 nitrogen and oxygen atoms in total. The van der Waals surface area contributed by atoms with Crippen LogP contribution in [0.2, 0.25) is 0 Å². The van der Waals surface area contributed by atoms with E-state index in [1.807, 2.05) is 0 Å². The fraction of sp³-hybridized carbons (Fsp3) is 1.00. The number of rotatable bonds is 0. The standard InChI is InChI=1S/C24H12/c1-2-4-6-5-3(1)15-13(1)14(2)17(4)21(6)18(5,15)23-11-9-7-8-10-12(11)24(21,23)22(10,17)19(8,14)16(7,13)20(9,15)23/h1-12H. The molecule has 0 atom stereocenters. The first-order valence-corrected chi connectivity index (χ1v) is 12.0. The molecule has 18 aliphatic carbocycles. The minimum Gasteiger partial charge on any atom is -0.0265 e. The fourth-order valence-electron chi connectivity index (χ4n) is 28.3. The van der Waals surface area contributed by atoms with Crippen molar-refractivity contribution in [1.29, 1.82) is 0 Å². The SMILES string of the molecule is C12C3C4C5C6C1C17C28C29C%10C%11C%12C%13C%14C%10C21C%141C67C52C45C38C%119C%125C%1312. The summed E-state index contributed by atoms with van der Waals surface area (Å²) in [6.45, 7) is 0. The van der Waals surface area contributed by atoms with Gasteiger partial charge in [-0.15, -0.1) is 0 Å². The van der Waals surface area contributed by atoms with Crippen molar-refractivity contribution in [2.24, 2.45) is 136 Å². The normalized spacial score (nSPS) is 150. The van der Waals surface area contributed by atoms with Crippen molar-refractivity contribution in [2.75, 3.05) is 0 Å². The molecule has 12 spiro atoms. The van der Waals surface area contributed by atoms with Crippen LogP contribution in [-0.2, 0) is 0 Å². The van der Waals surface area contributed by atoms with Crippen LogP contribution in [0.4, 0.5) is 0 Å². The molecule has 0 heterocycles. The van der Waals surface area contributed by atoms with Crippen LogP contribution in [0.1, 0.15) is 0 Å². The highest BCUT2D eigenvalue weighted by molar-refractivity contribution is 6.07. The summed E-state index contributed by atoms with van der Waals surface area (Å²) in [6.07, 6.45) is 0. The molecule has 0 bridgehead atoms. The maximum Gasteiger partial charge on any atom is -0.00502 e. The predicted molar refractivity (Wildman–Crippen MR) is 71.1 cm³/mol. The Morgan fingerprint density at radius 1 is 0.167 bits per heavy atom. The van der Waals surface area contributed by atoms with E-state index in [0.717, 1.165) is 0 Å². The van der Waals surface area contributed by atoms with E-state index in [0.29, 0.717) is 0 Å². The lowest BCUT2D eigenvalue weighted by molar-refractivity contribution is -1.18. The predicted octanol–water partition coefficient (Wildman–Crippen LogP) is 1.48. The first-order valence-electron chi connectivity index (χ1n) is 12.0. The minimum atomic E-state index is 1.17. The Morgan fingerprint density at radius 3 is 0.333 bits per heavy atom. The molecule has 0 saturated heterocycles. The lowest BCUT2D eigenvalue weighted by Gasteiger charge is -3.63. The van der Waals surface area contributed by atoms with Crippen molar-refractivity contribution < 1.29 is 0 Å². The van der Waals surface area contributed by atoms with Crippen LogP contribution in [0.15, 0.2) is 0 Å². The Kier molecular flexibility index (Phi) is 0.286. The Labute approximate surface area is 136 Å². The summed E-state index contributed by atoms with van der Waals surface area (Å²) in [5, 5.41) is 0. The van der Waals surface area contributed by atoms with Crippen molar-refractivity contribution in [1.82, 2.24) is 0 Å². The molecule has 0 aromatic heterocycles. The maximum atomic E-state index is 1.42. The Hall–Kier alpha value is 0. The third-order valence-corrected chi connectivity index (χ3v) is 21.8. The van der Waals surface area contributed by atoms with E-state index in [2.05, 4.69) is 0 Å². The van der Waals surface area contributed by atoms with Gasteiger partial charge in [-0.3, -0.25) is 0 Å². The molecule has 0 unspecified atom stereocenters. The van der Waals surface area contributed by atoms with Crippen molar-refractivity contribution in [3.63, 3.8) is 0 Å². The van der Waals surface area contributed by atoms with Gasteiger partial charge in [-0.05, 0) is 136 Å². The fourth-order valence-corrected chi connectivity index (χ4v) is 28.3. The van der Waals surface area contributed by atoms with Gasteiger partial charge in [-0.25, -0.2) is 0 Å². The molecule has 24 heavy (non-hydrogen) atoms. The second kappa shape index (κ2) is 0.954. The van der Waals surface area contributed by atoms with Gasteiger partial charge in [-0.2, -0.15) is 0 Å². The van der Waals surface area contributed by atoms with Crippen molar-refractivity contribution in [2.45, 2.75) is 0 Å². The zero-order valence-electron chi connectivity index (χ0n) is 12.9. The van der Waals surface area contributed by atoms with Crippen LogP contribution in [0, 0.1) is 136 Å². The van der Waals surface area contributed by atoms with Gasteiger partial charge in [0.1, 0.15) is 0 Å². The molecule has 18 saturated carbocycles. The van der Waals surface area contributed by atoms with Gasteiger partial charge in [0.05, 0.1) is 0 Å². The van der Waals surface area contributed by atoms with E-state index in [-0.39, 0.29) is 0 Å². The average Bonchev–Trinajstić information content (AvgIpc) is 2.45. The molecule has 18 aliphatic rings. The Bertz CT molecular complexity index is 934. The summed E-state index contributed by atoms with van der Waals surface area (Å²) in [5.41, 5.74) is 14.0. The smallest absolute Gasteiger partial charge is 0.00502 e. The minimum absolute atomic E-state index is 1.17. The van der Waals surface area contributed by atoms with Crippen LogP contribution in [0.5, 0.6) is 0 Å². The molecule has 0 amide bonds. The molecule has 0 aromatic rings. The summed E-state index contributed by atoms with van der Waals surface area (Å²) < 4.78 is 0. The first kappa shape index (κ1) is 7.20. The summed E-state index contributed by atoms with van der Waals surface area (Å²) >= 11 is 0. The van der Waals surface area contributed by atoms with Crippen LogP contribution >= 0.6 is 0 Å². The molecule has 0 aromatic carbocycles. The summed E-state index contributed by atoms with van der Waals surface area (Å²) in [5.74, 6) is 17.0. The summed E-state index contributed by atoms with van der Waals surface area (Å²) in [6, 6.07) is 0. The van der Waals surface area contributed by atoms with E-state index in [9.17, 15) is 0 Å². The molecule has 0 heteroatoms. The second-order valence-corrected chi connectivity index (χ2v) is 16.0. The van der Waals surface area contributed by atoms with Gasteiger partial charge in [0.15, 0.2) is 0 Å². The molecular weight excluding hydrogens is 288 g/mol. The van der Waals surface area contributed by atoms with Crippen molar-refractivity contribution in [3.05, 3.63) is 0 Å². The van der Waals surface area contributed by atoms with Gasteiger partial charge in [0.25, 0.3) is 0 Å². The van der Waals surface area contributed by atoms with E-state index in [1.54, 1.807) is 0 Å². The molecule has 18 rings (SSSR count). The quantitative estimate of drug-likeness (QED) is 0.636. The van der Waals surface area contributed by atoms with Gasteiger partial charge in [0, 0.05) is 0 Å².